The highest BCUT2D eigenvalue weighted by Gasteiger charge is 2.35. The molecule has 0 aromatic carbocycles. The summed E-state index contributed by atoms with van der Waals surface area (Å²) < 4.78 is 40.6. The second kappa shape index (κ2) is 4.09. The maximum absolute atomic E-state index is 11.9. The Morgan fingerprint density at radius 2 is 2.15 bits per heavy atom. The molecular weight excluding hydrogens is 185 g/mol. The summed E-state index contributed by atoms with van der Waals surface area (Å²) in [6.07, 6.45) is -4.52. The molecular formula is C8H11F3O2. The Morgan fingerprint density at radius 3 is 2.69 bits per heavy atom. The molecule has 0 bridgehead atoms. The summed E-state index contributed by atoms with van der Waals surface area (Å²) in [6, 6.07) is 0. The van der Waals surface area contributed by atoms with Crippen molar-refractivity contribution in [3.8, 4) is 0 Å². The van der Waals surface area contributed by atoms with Gasteiger partial charge in [0.05, 0.1) is 12.5 Å². The van der Waals surface area contributed by atoms with Crippen LogP contribution in [0.2, 0.25) is 0 Å². The molecule has 0 aromatic heterocycles. The summed E-state index contributed by atoms with van der Waals surface area (Å²) in [4.78, 5) is 10.3. The highest BCUT2D eigenvalue weighted by molar-refractivity contribution is 5.53. The lowest BCUT2D eigenvalue weighted by atomic mass is 9.95. The molecule has 1 fully saturated rings. The van der Waals surface area contributed by atoms with Crippen molar-refractivity contribution >= 4 is 6.29 Å². The van der Waals surface area contributed by atoms with Gasteiger partial charge in [0.1, 0.15) is 6.29 Å². The molecule has 2 nitrogen and oxygen atoms in total. The number of hydrogen-bond acceptors (Lipinski definition) is 2. The lowest BCUT2D eigenvalue weighted by Crippen LogP contribution is -2.30. The van der Waals surface area contributed by atoms with Crippen molar-refractivity contribution in [1.82, 2.24) is 0 Å². The number of aldehydes is 1. The van der Waals surface area contributed by atoms with Gasteiger partial charge in [-0.05, 0) is 12.8 Å². The monoisotopic (exact) mass is 196 g/mol. The van der Waals surface area contributed by atoms with E-state index in [2.05, 4.69) is 0 Å². The summed E-state index contributed by atoms with van der Waals surface area (Å²) >= 11 is 0. The van der Waals surface area contributed by atoms with Gasteiger partial charge in [-0.3, -0.25) is 0 Å². The Hall–Kier alpha value is -0.580. The minimum absolute atomic E-state index is 0.197. The molecule has 0 saturated carbocycles. The van der Waals surface area contributed by atoms with Crippen LogP contribution in [0.1, 0.15) is 19.3 Å². The number of halogens is 3. The van der Waals surface area contributed by atoms with Crippen LogP contribution in [0.15, 0.2) is 0 Å². The van der Waals surface area contributed by atoms with Crippen LogP contribution in [0, 0.1) is 5.92 Å². The molecule has 1 heterocycles. The molecule has 13 heavy (non-hydrogen) atoms. The van der Waals surface area contributed by atoms with Gasteiger partial charge in [0.15, 0.2) is 0 Å². The third kappa shape index (κ3) is 3.76. The molecule has 2 atom stereocenters. The fourth-order valence-electron chi connectivity index (χ4n) is 1.43. The normalized spacial score (nSPS) is 30.1. The van der Waals surface area contributed by atoms with E-state index in [1.54, 1.807) is 0 Å². The zero-order valence-electron chi connectivity index (χ0n) is 7.01. The molecule has 1 aliphatic rings. The van der Waals surface area contributed by atoms with Crippen molar-refractivity contribution in [3.05, 3.63) is 0 Å². The van der Waals surface area contributed by atoms with E-state index in [1.165, 1.54) is 0 Å². The van der Waals surface area contributed by atoms with Crippen molar-refractivity contribution in [3.63, 3.8) is 0 Å². The highest BCUT2D eigenvalue weighted by Crippen LogP contribution is 2.29. The Balaban J connectivity index is 2.38. The Kier molecular flexibility index (Phi) is 3.30. The van der Waals surface area contributed by atoms with Gasteiger partial charge in [0, 0.05) is 12.5 Å². The maximum atomic E-state index is 11.9. The van der Waals surface area contributed by atoms with Crippen LogP contribution < -0.4 is 0 Å². The van der Waals surface area contributed by atoms with E-state index >= 15 is 0 Å². The van der Waals surface area contributed by atoms with Crippen LogP contribution in [0.3, 0.4) is 0 Å². The fourth-order valence-corrected chi connectivity index (χ4v) is 1.43. The summed E-state index contributed by atoms with van der Waals surface area (Å²) in [5.74, 6) is -0.263. The van der Waals surface area contributed by atoms with Gasteiger partial charge in [-0.15, -0.1) is 0 Å². The Morgan fingerprint density at radius 1 is 1.46 bits per heavy atom. The second-order valence-electron chi connectivity index (χ2n) is 3.23. The highest BCUT2D eigenvalue weighted by atomic mass is 19.4. The molecule has 5 heteroatoms. The topological polar surface area (TPSA) is 26.3 Å². The van der Waals surface area contributed by atoms with E-state index in [4.69, 9.17) is 4.74 Å². The molecule has 0 aromatic rings. The van der Waals surface area contributed by atoms with Crippen LogP contribution in [0.4, 0.5) is 13.2 Å². The first kappa shape index (κ1) is 10.5. The van der Waals surface area contributed by atoms with E-state index in [0.29, 0.717) is 12.7 Å². The average molecular weight is 196 g/mol. The van der Waals surface area contributed by atoms with Gasteiger partial charge < -0.3 is 9.53 Å². The molecule has 0 N–H and O–H groups in total. The summed E-state index contributed by atoms with van der Waals surface area (Å²) in [5.41, 5.74) is 0. The third-order valence-electron chi connectivity index (χ3n) is 2.06. The zero-order valence-corrected chi connectivity index (χ0v) is 7.01. The molecule has 1 aliphatic heterocycles. The van der Waals surface area contributed by atoms with E-state index in [-0.39, 0.29) is 18.9 Å². The van der Waals surface area contributed by atoms with Gasteiger partial charge in [0.2, 0.25) is 0 Å². The molecule has 1 saturated heterocycles. The van der Waals surface area contributed by atoms with Crippen molar-refractivity contribution in [2.45, 2.75) is 31.5 Å². The predicted octanol–water partition coefficient (Wildman–Crippen LogP) is 1.93. The van der Waals surface area contributed by atoms with Gasteiger partial charge in [-0.25, -0.2) is 0 Å². The van der Waals surface area contributed by atoms with Crippen molar-refractivity contribution in [1.29, 1.82) is 0 Å². The van der Waals surface area contributed by atoms with E-state index < -0.39 is 18.7 Å². The number of rotatable bonds is 2. The Bertz CT molecular complexity index is 179. The van der Waals surface area contributed by atoms with Crippen LogP contribution in [-0.2, 0) is 9.53 Å². The van der Waals surface area contributed by atoms with Crippen LogP contribution in [-0.4, -0.2) is 25.2 Å². The van der Waals surface area contributed by atoms with Gasteiger partial charge in [0.25, 0.3) is 0 Å². The van der Waals surface area contributed by atoms with E-state index in [9.17, 15) is 18.0 Å². The standard InChI is InChI=1S/C8H11F3O2/c9-8(10,11)4-7-3-6(5-12)1-2-13-7/h5-7H,1-4H2/t6-,7+/m0/s1. The number of carbonyl (C=O) groups is 1. The average Bonchev–Trinajstić information content (AvgIpc) is 2.01. The fraction of sp³-hybridized carbons (Fsp3) is 0.875. The lowest BCUT2D eigenvalue weighted by Gasteiger charge is -2.27. The zero-order chi connectivity index (χ0) is 9.90. The van der Waals surface area contributed by atoms with Crippen molar-refractivity contribution in [2.75, 3.05) is 6.61 Å². The molecule has 0 amide bonds. The number of ether oxygens (including phenoxy) is 1. The number of carbonyl (C=O) groups excluding carboxylic acids is 1. The number of hydrogen-bond donors (Lipinski definition) is 0. The van der Waals surface area contributed by atoms with Crippen LogP contribution in [0.5, 0.6) is 0 Å². The van der Waals surface area contributed by atoms with Crippen molar-refractivity contribution in [2.24, 2.45) is 5.92 Å². The maximum Gasteiger partial charge on any atom is 0.391 e. The lowest BCUT2D eigenvalue weighted by molar-refractivity contribution is -0.169. The quantitative estimate of drug-likeness (QED) is 0.631. The third-order valence-corrected chi connectivity index (χ3v) is 2.06. The molecule has 0 unspecified atom stereocenters. The first-order valence-electron chi connectivity index (χ1n) is 4.15. The van der Waals surface area contributed by atoms with E-state index in [0.717, 1.165) is 0 Å². The predicted molar refractivity (Wildman–Crippen MR) is 39.2 cm³/mol. The smallest absolute Gasteiger partial charge is 0.378 e. The van der Waals surface area contributed by atoms with Crippen molar-refractivity contribution < 1.29 is 22.7 Å². The SMILES string of the molecule is O=C[C@H]1CCO[C@@H](CC(F)(F)F)C1. The molecule has 76 valence electrons. The molecule has 1 rings (SSSR count). The van der Waals surface area contributed by atoms with Gasteiger partial charge in [-0.1, -0.05) is 0 Å². The molecule has 0 radical (unpaired) electrons. The summed E-state index contributed by atoms with van der Waals surface area (Å²) in [6.45, 7) is 0.254. The summed E-state index contributed by atoms with van der Waals surface area (Å²) in [7, 11) is 0. The van der Waals surface area contributed by atoms with Crippen LogP contribution in [0.25, 0.3) is 0 Å². The number of alkyl halides is 3. The van der Waals surface area contributed by atoms with E-state index in [1.807, 2.05) is 0 Å². The second-order valence-corrected chi connectivity index (χ2v) is 3.23. The van der Waals surface area contributed by atoms with Gasteiger partial charge >= 0.3 is 6.18 Å². The Labute approximate surface area is 74.1 Å². The first-order valence-corrected chi connectivity index (χ1v) is 4.15. The minimum atomic E-state index is -4.20. The summed E-state index contributed by atoms with van der Waals surface area (Å²) in [5, 5.41) is 0. The molecule has 0 aliphatic carbocycles. The molecule has 0 spiro atoms. The minimum Gasteiger partial charge on any atom is -0.378 e. The first-order chi connectivity index (χ1) is 6.01. The van der Waals surface area contributed by atoms with Gasteiger partial charge in [-0.2, -0.15) is 13.2 Å². The largest absolute Gasteiger partial charge is 0.391 e. The van der Waals surface area contributed by atoms with Crippen LogP contribution >= 0.6 is 0 Å².